The average molecular weight is 311 g/mol. The van der Waals surface area contributed by atoms with Crippen molar-refractivity contribution in [3.8, 4) is 0 Å². The standard InChI is InChI=1S/C17H27ClN2O/c1-3-14-6-9-20(10-7-14)16-5-4-15(17(18)12-16)13-19-8-11-21-2/h4-5,12,14,19H,3,6-11,13H2,1-2H3. The van der Waals surface area contributed by atoms with Gasteiger partial charge < -0.3 is 15.0 Å². The van der Waals surface area contributed by atoms with Crippen LogP contribution in [-0.4, -0.2) is 33.4 Å². The van der Waals surface area contributed by atoms with Gasteiger partial charge in [-0.2, -0.15) is 0 Å². The molecule has 0 radical (unpaired) electrons. The molecule has 1 aromatic rings. The number of hydrogen-bond donors (Lipinski definition) is 1. The number of nitrogens with one attached hydrogen (secondary N) is 1. The molecule has 1 aromatic carbocycles. The van der Waals surface area contributed by atoms with Crippen LogP contribution in [-0.2, 0) is 11.3 Å². The fourth-order valence-corrected chi connectivity index (χ4v) is 3.11. The molecule has 0 spiro atoms. The molecule has 0 aromatic heterocycles. The zero-order chi connectivity index (χ0) is 15.1. The van der Waals surface area contributed by atoms with Gasteiger partial charge >= 0.3 is 0 Å². The van der Waals surface area contributed by atoms with Gasteiger partial charge in [0.25, 0.3) is 0 Å². The summed E-state index contributed by atoms with van der Waals surface area (Å²) in [5.74, 6) is 0.904. The Morgan fingerprint density at radius 2 is 2.10 bits per heavy atom. The summed E-state index contributed by atoms with van der Waals surface area (Å²) in [7, 11) is 1.71. The first-order valence-corrected chi connectivity index (χ1v) is 8.35. The number of anilines is 1. The fraction of sp³-hybridized carbons (Fsp3) is 0.647. The van der Waals surface area contributed by atoms with Gasteiger partial charge in [-0.05, 0) is 36.5 Å². The summed E-state index contributed by atoms with van der Waals surface area (Å²) >= 11 is 6.42. The summed E-state index contributed by atoms with van der Waals surface area (Å²) < 4.78 is 5.02. The van der Waals surface area contributed by atoms with Crippen LogP contribution in [0.5, 0.6) is 0 Å². The van der Waals surface area contributed by atoms with Crippen molar-refractivity contribution in [2.24, 2.45) is 5.92 Å². The maximum absolute atomic E-state index is 6.42. The van der Waals surface area contributed by atoms with E-state index >= 15 is 0 Å². The SMILES string of the molecule is CCC1CCN(c2ccc(CNCCOC)c(Cl)c2)CC1. The van der Waals surface area contributed by atoms with Gasteiger partial charge in [-0.1, -0.05) is 31.0 Å². The van der Waals surface area contributed by atoms with Crippen LogP contribution in [0, 0.1) is 5.92 Å². The van der Waals surface area contributed by atoms with Crippen molar-refractivity contribution in [1.82, 2.24) is 5.32 Å². The van der Waals surface area contributed by atoms with Gasteiger partial charge in [0.15, 0.2) is 0 Å². The molecule has 1 N–H and O–H groups in total. The fourth-order valence-electron chi connectivity index (χ4n) is 2.87. The van der Waals surface area contributed by atoms with Crippen molar-refractivity contribution in [2.45, 2.75) is 32.7 Å². The van der Waals surface area contributed by atoms with Crippen LogP contribution in [0.3, 0.4) is 0 Å². The smallest absolute Gasteiger partial charge is 0.0587 e. The van der Waals surface area contributed by atoms with Gasteiger partial charge in [0.1, 0.15) is 0 Å². The lowest BCUT2D eigenvalue weighted by Gasteiger charge is -2.33. The summed E-state index contributed by atoms with van der Waals surface area (Å²) in [5.41, 5.74) is 2.41. The largest absolute Gasteiger partial charge is 0.383 e. The van der Waals surface area contributed by atoms with E-state index in [2.05, 4.69) is 35.3 Å². The van der Waals surface area contributed by atoms with Crippen molar-refractivity contribution < 1.29 is 4.74 Å². The van der Waals surface area contributed by atoms with E-state index in [4.69, 9.17) is 16.3 Å². The predicted octanol–water partition coefficient (Wildman–Crippen LogP) is 3.70. The first-order chi connectivity index (χ1) is 10.2. The van der Waals surface area contributed by atoms with Gasteiger partial charge in [0.05, 0.1) is 6.61 Å². The van der Waals surface area contributed by atoms with Crippen LogP contribution >= 0.6 is 11.6 Å². The molecule has 21 heavy (non-hydrogen) atoms. The number of ether oxygens (including phenoxy) is 1. The summed E-state index contributed by atoms with van der Waals surface area (Å²) in [6, 6.07) is 6.45. The normalized spacial score (nSPS) is 16.4. The Bertz CT molecular complexity index is 431. The quantitative estimate of drug-likeness (QED) is 0.777. The molecule has 0 bridgehead atoms. The van der Waals surface area contributed by atoms with Gasteiger partial charge in [-0.15, -0.1) is 0 Å². The second-order valence-electron chi connectivity index (χ2n) is 5.78. The van der Waals surface area contributed by atoms with Gasteiger partial charge in [-0.25, -0.2) is 0 Å². The van der Waals surface area contributed by atoms with E-state index in [0.717, 1.165) is 49.3 Å². The number of halogens is 1. The second kappa shape index (κ2) is 8.62. The molecule has 0 atom stereocenters. The molecule has 1 saturated heterocycles. The minimum atomic E-state index is 0.724. The number of benzene rings is 1. The summed E-state index contributed by atoms with van der Waals surface area (Å²) in [6.07, 6.45) is 3.91. The Balaban J connectivity index is 1.89. The number of rotatable bonds is 7. The van der Waals surface area contributed by atoms with Crippen molar-refractivity contribution in [3.05, 3.63) is 28.8 Å². The molecule has 1 aliphatic rings. The highest BCUT2D eigenvalue weighted by Gasteiger charge is 2.18. The van der Waals surface area contributed by atoms with Crippen LogP contribution in [0.1, 0.15) is 31.7 Å². The summed E-state index contributed by atoms with van der Waals surface area (Å²) in [5, 5.41) is 4.19. The third-order valence-electron chi connectivity index (χ3n) is 4.39. The molecule has 3 nitrogen and oxygen atoms in total. The monoisotopic (exact) mass is 310 g/mol. The minimum absolute atomic E-state index is 0.724. The van der Waals surface area contributed by atoms with Crippen LogP contribution in [0.15, 0.2) is 18.2 Å². The Hall–Kier alpha value is -0.770. The van der Waals surface area contributed by atoms with E-state index in [9.17, 15) is 0 Å². The van der Waals surface area contributed by atoms with Crippen LogP contribution < -0.4 is 10.2 Å². The van der Waals surface area contributed by atoms with Crippen LogP contribution in [0.25, 0.3) is 0 Å². The highest BCUT2D eigenvalue weighted by atomic mass is 35.5. The van der Waals surface area contributed by atoms with E-state index in [0.29, 0.717) is 0 Å². The minimum Gasteiger partial charge on any atom is -0.383 e. The Kier molecular flexibility index (Phi) is 6.81. The number of methoxy groups -OCH3 is 1. The van der Waals surface area contributed by atoms with E-state index in [1.807, 2.05) is 0 Å². The molecule has 2 rings (SSSR count). The zero-order valence-corrected chi connectivity index (χ0v) is 14.0. The Labute approximate surface area is 133 Å². The first kappa shape index (κ1) is 16.6. The Morgan fingerprint density at radius 3 is 2.71 bits per heavy atom. The third-order valence-corrected chi connectivity index (χ3v) is 4.74. The molecular weight excluding hydrogens is 284 g/mol. The molecule has 4 heteroatoms. The van der Waals surface area contributed by atoms with E-state index in [1.54, 1.807) is 7.11 Å². The lowest BCUT2D eigenvalue weighted by atomic mass is 9.94. The molecule has 118 valence electrons. The molecule has 1 heterocycles. The van der Waals surface area contributed by atoms with E-state index in [1.165, 1.54) is 24.9 Å². The van der Waals surface area contributed by atoms with Crippen molar-refractivity contribution >= 4 is 17.3 Å². The van der Waals surface area contributed by atoms with Crippen molar-refractivity contribution in [2.75, 3.05) is 38.3 Å². The molecule has 0 amide bonds. The molecular formula is C17H27ClN2O. The van der Waals surface area contributed by atoms with Crippen molar-refractivity contribution in [1.29, 1.82) is 0 Å². The van der Waals surface area contributed by atoms with Gasteiger partial charge in [0.2, 0.25) is 0 Å². The summed E-state index contributed by atoms with van der Waals surface area (Å²) in [6.45, 7) is 6.96. The van der Waals surface area contributed by atoms with E-state index < -0.39 is 0 Å². The third kappa shape index (κ3) is 4.87. The van der Waals surface area contributed by atoms with Crippen molar-refractivity contribution in [3.63, 3.8) is 0 Å². The van der Waals surface area contributed by atoms with Crippen LogP contribution in [0.2, 0.25) is 5.02 Å². The maximum atomic E-state index is 6.42. The van der Waals surface area contributed by atoms with Gasteiger partial charge in [0, 0.05) is 44.0 Å². The molecule has 0 saturated carbocycles. The summed E-state index contributed by atoms with van der Waals surface area (Å²) in [4.78, 5) is 2.46. The zero-order valence-electron chi connectivity index (χ0n) is 13.2. The number of nitrogens with zero attached hydrogens (tertiary/aromatic N) is 1. The number of piperidine rings is 1. The molecule has 1 aliphatic heterocycles. The number of hydrogen-bond acceptors (Lipinski definition) is 3. The lowest BCUT2D eigenvalue weighted by molar-refractivity contribution is 0.199. The second-order valence-corrected chi connectivity index (χ2v) is 6.19. The highest BCUT2D eigenvalue weighted by molar-refractivity contribution is 6.31. The molecule has 0 unspecified atom stereocenters. The first-order valence-electron chi connectivity index (χ1n) is 7.97. The topological polar surface area (TPSA) is 24.5 Å². The highest BCUT2D eigenvalue weighted by Crippen LogP contribution is 2.28. The van der Waals surface area contributed by atoms with Crippen LogP contribution in [0.4, 0.5) is 5.69 Å². The molecule has 1 fully saturated rings. The predicted molar refractivity (Wildman–Crippen MR) is 90.3 cm³/mol. The lowest BCUT2D eigenvalue weighted by Crippen LogP contribution is -2.33. The average Bonchev–Trinajstić information content (AvgIpc) is 2.53. The molecule has 0 aliphatic carbocycles. The maximum Gasteiger partial charge on any atom is 0.0587 e. The van der Waals surface area contributed by atoms with Gasteiger partial charge in [-0.3, -0.25) is 0 Å². The Morgan fingerprint density at radius 1 is 1.33 bits per heavy atom. The van der Waals surface area contributed by atoms with E-state index in [-0.39, 0.29) is 0 Å².